The van der Waals surface area contributed by atoms with E-state index in [0.29, 0.717) is 13.0 Å². The van der Waals surface area contributed by atoms with Gasteiger partial charge in [0.15, 0.2) is 0 Å². The summed E-state index contributed by atoms with van der Waals surface area (Å²) in [5, 5.41) is 3.20. The van der Waals surface area contributed by atoms with Gasteiger partial charge in [-0.25, -0.2) is 14.8 Å². The average Bonchev–Trinajstić information content (AvgIpc) is 3.23. The molecule has 0 bridgehead atoms. The standard InChI is InChI=1S/C23H35N5O3/c1-23(2,3)31-22(30)28-12-6-9-19(28)21(29)26-16-10-13-27(14-11-16)20-17-7-4-5-8-18(17)24-15-25-20/h15-16,19H,4-14H2,1-3H3,(H,26,29)/t19-/m0/s1. The van der Waals surface area contributed by atoms with Crippen LogP contribution in [0.3, 0.4) is 0 Å². The number of nitrogens with zero attached hydrogens (tertiary/aromatic N) is 4. The molecule has 31 heavy (non-hydrogen) atoms. The van der Waals surface area contributed by atoms with E-state index in [1.807, 2.05) is 20.8 Å². The Morgan fingerprint density at radius 3 is 2.52 bits per heavy atom. The molecule has 1 atom stereocenters. The highest BCUT2D eigenvalue weighted by molar-refractivity contribution is 5.86. The highest BCUT2D eigenvalue weighted by atomic mass is 16.6. The number of fused-ring (bicyclic) bond motifs is 1. The fourth-order valence-corrected chi connectivity index (χ4v) is 4.89. The first-order valence-corrected chi connectivity index (χ1v) is 11.7. The van der Waals surface area contributed by atoms with Gasteiger partial charge in [0.1, 0.15) is 23.8 Å². The van der Waals surface area contributed by atoms with E-state index < -0.39 is 17.7 Å². The smallest absolute Gasteiger partial charge is 0.410 e. The molecule has 1 aromatic rings. The summed E-state index contributed by atoms with van der Waals surface area (Å²) in [6.07, 6.45) is 9.09. The van der Waals surface area contributed by atoms with Gasteiger partial charge in [-0.3, -0.25) is 9.69 Å². The topological polar surface area (TPSA) is 87.7 Å². The first kappa shape index (κ1) is 21.8. The van der Waals surface area contributed by atoms with E-state index in [0.717, 1.165) is 51.0 Å². The Morgan fingerprint density at radius 2 is 1.77 bits per heavy atom. The van der Waals surface area contributed by atoms with Crippen molar-refractivity contribution in [1.82, 2.24) is 20.2 Å². The van der Waals surface area contributed by atoms with Gasteiger partial charge >= 0.3 is 6.09 Å². The van der Waals surface area contributed by atoms with Crippen molar-refractivity contribution in [3.05, 3.63) is 17.6 Å². The van der Waals surface area contributed by atoms with Crippen molar-refractivity contribution >= 4 is 17.8 Å². The molecule has 0 saturated carbocycles. The predicted octanol–water partition coefficient (Wildman–Crippen LogP) is 2.84. The zero-order valence-corrected chi connectivity index (χ0v) is 19.0. The number of hydrogen-bond donors (Lipinski definition) is 1. The molecule has 0 unspecified atom stereocenters. The lowest BCUT2D eigenvalue weighted by Crippen LogP contribution is -2.52. The number of aromatic nitrogens is 2. The Bertz CT molecular complexity index is 814. The van der Waals surface area contributed by atoms with Crippen LogP contribution in [0.1, 0.15) is 70.6 Å². The van der Waals surface area contributed by atoms with Gasteiger partial charge in [0.2, 0.25) is 5.91 Å². The zero-order chi connectivity index (χ0) is 22.0. The van der Waals surface area contributed by atoms with Crippen LogP contribution in [0.2, 0.25) is 0 Å². The van der Waals surface area contributed by atoms with Crippen LogP contribution in [0.25, 0.3) is 0 Å². The van der Waals surface area contributed by atoms with Crippen molar-refractivity contribution in [2.24, 2.45) is 0 Å². The van der Waals surface area contributed by atoms with Crippen LogP contribution in [0.15, 0.2) is 6.33 Å². The molecule has 4 rings (SSSR count). The maximum Gasteiger partial charge on any atom is 0.410 e. The highest BCUT2D eigenvalue weighted by Gasteiger charge is 2.37. The number of aryl methyl sites for hydroxylation is 1. The first-order valence-electron chi connectivity index (χ1n) is 11.7. The molecule has 3 heterocycles. The lowest BCUT2D eigenvalue weighted by atomic mass is 9.95. The van der Waals surface area contributed by atoms with E-state index in [-0.39, 0.29) is 11.9 Å². The molecule has 8 nitrogen and oxygen atoms in total. The summed E-state index contributed by atoms with van der Waals surface area (Å²) in [7, 11) is 0. The zero-order valence-electron chi connectivity index (χ0n) is 19.0. The van der Waals surface area contributed by atoms with Gasteiger partial charge in [0.25, 0.3) is 0 Å². The second-order valence-electron chi connectivity index (χ2n) is 9.93. The molecule has 3 aliphatic rings. The quantitative estimate of drug-likeness (QED) is 0.795. The van der Waals surface area contributed by atoms with Crippen LogP contribution in [0, 0.1) is 0 Å². The lowest BCUT2D eigenvalue weighted by Gasteiger charge is -2.35. The van der Waals surface area contributed by atoms with Gasteiger partial charge in [0, 0.05) is 36.9 Å². The Morgan fingerprint density at radius 1 is 1.03 bits per heavy atom. The van der Waals surface area contributed by atoms with Crippen molar-refractivity contribution in [3.63, 3.8) is 0 Å². The van der Waals surface area contributed by atoms with E-state index in [2.05, 4.69) is 20.2 Å². The SMILES string of the molecule is CC(C)(C)OC(=O)N1CCC[C@H]1C(=O)NC1CCN(c2ncnc3c2CCCC3)CC1. The van der Waals surface area contributed by atoms with E-state index in [1.54, 1.807) is 11.2 Å². The third-order valence-electron chi connectivity index (χ3n) is 6.43. The van der Waals surface area contributed by atoms with Gasteiger partial charge in [-0.05, 0) is 72.1 Å². The van der Waals surface area contributed by atoms with Crippen molar-refractivity contribution in [3.8, 4) is 0 Å². The Kier molecular flexibility index (Phi) is 6.34. The number of amides is 2. The van der Waals surface area contributed by atoms with Crippen LogP contribution in [0.4, 0.5) is 10.6 Å². The largest absolute Gasteiger partial charge is 0.444 e. The molecule has 0 radical (unpaired) electrons. The van der Waals surface area contributed by atoms with E-state index >= 15 is 0 Å². The second kappa shape index (κ2) is 9.01. The van der Waals surface area contributed by atoms with Gasteiger partial charge in [-0.2, -0.15) is 0 Å². The number of carbonyl (C=O) groups excluding carboxylic acids is 2. The van der Waals surface area contributed by atoms with Gasteiger partial charge in [-0.15, -0.1) is 0 Å². The molecule has 2 amide bonds. The van der Waals surface area contributed by atoms with E-state index in [4.69, 9.17) is 4.74 Å². The number of carbonyl (C=O) groups is 2. The maximum atomic E-state index is 12.9. The summed E-state index contributed by atoms with van der Waals surface area (Å²) in [5.41, 5.74) is 1.96. The van der Waals surface area contributed by atoms with Crippen LogP contribution < -0.4 is 10.2 Å². The number of hydrogen-bond acceptors (Lipinski definition) is 6. The van der Waals surface area contributed by atoms with Gasteiger partial charge in [0.05, 0.1) is 0 Å². The number of nitrogens with one attached hydrogen (secondary N) is 1. The monoisotopic (exact) mass is 429 g/mol. The van der Waals surface area contributed by atoms with Crippen molar-refractivity contribution < 1.29 is 14.3 Å². The summed E-state index contributed by atoms with van der Waals surface area (Å²) in [4.78, 5) is 38.4. The molecule has 2 fully saturated rings. The average molecular weight is 430 g/mol. The minimum absolute atomic E-state index is 0.0544. The Labute approximate surface area is 184 Å². The normalized spacial score (nSPS) is 22.2. The molecule has 1 N–H and O–H groups in total. The summed E-state index contributed by atoms with van der Waals surface area (Å²) in [5.74, 6) is 1.03. The van der Waals surface area contributed by atoms with E-state index in [1.165, 1.54) is 24.1 Å². The van der Waals surface area contributed by atoms with Crippen LogP contribution in [-0.2, 0) is 22.4 Å². The fraction of sp³-hybridized carbons (Fsp3) is 0.739. The number of likely N-dealkylation sites (tertiary alicyclic amines) is 1. The number of rotatable bonds is 3. The summed E-state index contributed by atoms with van der Waals surface area (Å²) >= 11 is 0. The van der Waals surface area contributed by atoms with E-state index in [9.17, 15) is 9.59 Å². The molecule has 8 heteroatoms. The molecule has 0 spiro atoms. The molecule has 0 aromatic carbocycles. The highest BCUT2D eigenvalue weighted by Crippen LogP contribution is 2.29. The predicted molar refractivity (Wildman–Crippen MR) is 118 cm³/mol. The fourth-order valence-electron chi connectivity index (χ4n) is 4.89. The van der Waals surface area contributed by atoms with Crippen molar-refractivity contribution in [2.75, 3.05) is 24.5 Å². The van der Waals surface area contributed by atoms with Gasteiger partial charge < -0.3 is 15.0 Å². The van der Waals surface area contributed by atoms with Crippen LogP contribution >= 0.6 is 0 Å². The minimum atomic E-state index is -0.562. The summed E-state index contributed by atoms with van der Waals surface area (Å²) in [6.45, 7) is 7.85. The molecule has 2 saturated heterocycles. The number of piperidine rings is 1. The number of anilines is 1. The van der Waals surface area contributed by atoms with Crippen molar-refractivity contribution in [2.45, 2.75) is 89.8 Å². The number of ether oxygens (including phenoxy) is 1. The van der Waals surface area contributed by atoms with Crippen LogP contribution in [-0.4, -0.2) is 64.2 Å². The molecule has 1 aliphatic carbocycles. The third-order valence-corrected chi connectivity index (χ3v) is 6.43. The van der Waals surface area contributed by atoms with Crippen LogP contribution in [0.5, 0.6) is 0 Å². The van der Waals surface area contributed by atoms with Crippen molar-refractivity contribution in [1.29, 1.82) is 0 Å². The Hall–Kier alpha value is -2.38. The molecular weight excluding hydrogens is 394 g/mol. The lowest BCUT2D eigenvalue weighted by molar-refractivity contribution is -0.126. The van der Waals surface area contributed by atoms with Gasteiger partial charge in [-0.1, -0.05) is 0 Å². The first-order chi connectivity index (χ1) is 14.8. The summed E-state index contributed by atoms with van der Waals surface area (Å²) < 4.78 is 5.49. The molecule has 170 valence electrons. The third kappa shape index (κ3) is 5.10. The summed E-state index contributed by atoms with van der Waals surface area (Å²) in [6, 6.07) is -0.302. The molecule has 2 aliphatic heterocycles. The molecule has 1 aromatic heterocycles. The molecular formula is C23H35N5O3. The maximum absolute atomic E-state index is 12.9. The minimum Gasteiger partial charge on any atom is -0.444 e. The second-order valence-corrected chi connectivity index (χ2v) is 9.93. The Balaban J connectivity index is 1.32.